The van der Waals surface area contributed by atoms with Crippen LogP contribution in [0.1, 0.15) is 36.1 Å². The minimum atomic E-state index is 0.0557. The van der Waals surface area contributed by atoms with Crippen LogP contribution in [-0.2, 0) is 26.1 Å². The Hall–Kier alpha value is -0.860. The minimum Gasteiger partial charge on any atom is -0.392 e. The van der Waals surface area contributed by atoms with Crippen LogP contribution in [0.4, 0.5) is 0 Å². The zero-order chi connectivity index (χ0) is 10.6. The van der Waals surface area contributed by atoms with Crippen molar-refractivity contribution in [1.82, 2.24) is 0 Å². The first-order valence-electron chi connectivity index (χ1n) is 5.12. The third-order valence-electron chi connectivity index (χ3n) is 2.69. The highest BCUT2D eigenvalue weighted by molar-refractivity contribution is 5.40. The van der Waals surface area contributed by atoms with E-state index in [0.29, 0.717) is 0 Å². The van der Waals surface area contributed by atoms with E-state index in [0.717, 1.165) is 29.5 Å². The maximum absolute atomic E-state index is 9.30. The van der Waals surface area contributed by atoms with Crippen molar-refractivity contribution in [2.24, 2.45) is 0 Å². The van der Waals surface area contributed by atoms with E-state index < -0.39 is 0 Å². The summed E-state index contributed by atoms with van der Waals surface area (Å²) in [6.45, 7) is 4.25. The molecule has 0 aliphatic rings. The second-order valence-electron chi connectivity index (χ2n) is 3.36. The Kier molecular flexibility index (Phi) is 4.11. The molecule has 0 radical (unpaired) electrons. The van der Waals surface area contributed by atoms with Gasteiger partial charge in [-0.25, -0.2) is 0 Å². The number of hydrogen-bond acceptors (Lipinski definition) is 2. The van der Waals surface area contributed by atoms with Gasteiger partial charge in [0.25, 0.3) is 0 Å². The molecule has 1 aromatic carbocycles. The van der Waals surface area contributed by atoms with Crippen LogP contribution in [0.2, 0.25) is 0 Å². The lowest BCUT2D eigenvalue weighted by Crippen LogP contribution is -2.03. The molecule has 0 bridgehead atoms. The quantitative estimate of drug-likeness (QED) is 0.767. The van der Waals surface area contributed by atoms with Crippen molar-refractivity contribution in [2.45, 2.75) is 39.9 Å². The Morgan fingerprint density at radius 1 is 0.857 bits per heavy atom. The summed E-state index contributed by atoms with van der Waals surface area (Å²) in [4.78, 5) is 0. The fourth-order valence-corrected chi connectivity index (χ4v) is 1.91. The third kappa shape index (κ3) is 1.97. The van der Waals surface area contributed by atoms with Crippen molar-refractivity contribution < 1.29 is 10.2 Å². The molecule has 0 amide bonds. The maximum atomic E-state index is 9.30. The number of rotatable bonds is 4. The van der Waals surface area contributed by atoms with Gasteiger partial charge in [0.15, 0.2) is 0 Å². The van der Waals surface area contributed by atoms with E-state index in [1.165, 1.54) is 5.56 Å². The first-order chi connectivity index (χ1) is 6.78. The summed E-state index contributed by atoms with van der Waals surface area (Å²) in [5.74, 6) is 0. The Labute approximate surface area is 85.2 Å². The Morgan fingerprint density at radius 3 is 1.93 bits per heavy atom. The number of hydrogen-bond donors (Lipinski definition) is 2. The first kappa shape index (κ1) is 11.2. The highest BCUT2D eigenvalue weighted by atomic mass is 16.3. The van der Waals surface area contributed by atoms with Crippen LogP contribution < -0.4 is 0 Å². The average Bonchev–Trinajstić information content (AvgIpc) is 2.26. The molecule has 0 saturated heterocycles. The van der Waals surface area contributed by atoms with E-state index in [-0.39, 0.29) is 13.2 Å². The number of benzene rings is 1. The second kappa shape index (κ2) is 5.13. The lowest BCUT2D eigenvalue weighted by atomic mass is 9.93. The van der Waals surface area contributed by atoms with Gasteiger partial charge in [-0.15, -0.1) is 0 Å². The lowest BCUT2D eigenvalue weighted by Gasteiger charge is -2.14. The average molecular weight is 194 g/mol. The highest BCUT2D eigenvalue weighted by Crippen LogP contribution is 2.21. The van der Waals surface area contributed by atoms with Crippen LogP contribution in [0, 0.1) is 0 Å². The molecule has 2 N–H and O–H groups in total. The van der Waals surface area contributed by atoms with Gasteiger partial charge in [0, 0.05) is 0 Å². The molecule has 1 aromatic rings. The van der Waals surface area contributed by atoms with Crippen LogP contribution >= 0.6 is 0 Å². The number of aliphatic hydroxyl groups excluding tert-OH is 2. The van der Waals surface area contributed by atoms with E-state index in [4.69, 9.17) is 5.11 Å². The Balaban J connectivity index is 3.28. The molecule has 0 spiro atoms. The first-order valence-corrected chi connectivity index (χ1v) is 5.12. The van der Waals surface area contributed by atoms with Gasteiger partial charge < -0.3 is 10.2 Å². The zero-order valence-corrected chi connectivity index (χ0v) is 8.88. The van der Waals surface area contributed by atoms with E-state index in [1.54, 1.807) is 0 Å². The zero-order valence-electron chi connectivity index (χ0n) is 8.88. The normalized spacial score (nSPS) is 10.6. The van der Waals surface area contributed by atoms with E-state index in [9.17, 15) is 5.11 Å². The molecular formula is C12H18O2. The smallest absolute Gasteiger partial charge is 0.0687 e. The van der Waals surface area contributed by atoms with E-state index in [2.05, 4.69) is 6.92 Å². The molecule has 0 unspecified atom stereocenters. The number of aryl methyl sites for hydroxylation is 1. The van der Waals surface area contributed by atoms with Crippen LogP contribution in [0.15, 0.2) is 12.1 Å². The predicted octanol–water partition coefficient (Wildman–Crippen LogP) is 1.80. The molecule has 0 aliphatic heterocycles. The van der Waals surface area contributed by atoms with Gasteiger partial charge in [0.05, 0.1) is 13.2 Å². The topological polar surface area (TPSA) is 40.5 Å². The molecule has 1 rings (SSSR count). The molecule has 0 heterocycles. The standard InChI is InChI=1S/C12H18O2/c1-3-9-5-6-10(7-13)11(4-2)12(9)8-14/h5-6,13-14H,3-4,7-8H2,1-2H3. The van der Waals surface area contributed by atoms with Gasteiger partial charge in [0.1, 0.15) is 0 Å². The van der Waals surface area contributed by atoms with Crippen molar-refractivity contribution in [3.05, 3.63) is 34.4 Å². The van der Waals surface area contributed by atoms with Crippen LogP contribution in [0.25, 0.3) is 0 Å². The molecule has 0 aliphatic carbocycles. The van der Waals surface area contributed by atoms with Crippen molar-refractivity contribution in [1.29, 1.82) is 0 Å². The molecule has 78 valence electrons. The summed E-state index contributed by atoms with van der Waals surface area (Å²) in [5.41, 5.74) is 4.23. The third-order valence-corrected chi connectivity index (χ3v) is 2.69. The fourth-order valence-electron chi connectivity index (χ4n) is 1.91. The summed E-state index contributed by atoms with van der Waals surface area (Å²) in [5, 5.41) is 18.5. The van der Waals surface area contributed by atoms with Crippen molar-refractivity contribution in [2.75, 3.05) is 0 Å². The van der Waals surface area contributed by atoms with Crippen molar-refractivity contribution in [3.8, 4) is 0 Å². The van der Waals surface area contributed by atoms with E-state index >= 15 is 0 Å². The summed E-state index contributed by atoms with van der Waals surface area (Å²) in [6, 6.07) is 3.95. The molecule has 14 heavy (non-hydrogen) atoms. The lowest BCUT2D eigenvalue weighted by molar-refractivity contribution is 0.272. The Bertz CT molecular complexity index is 274. The van der Waals surface area contributed by atoms with Gasteiger partial charge in [-0.1, -0.05) is 26.0 Å². The fraction of sp³-hybridized carbons (Fsp3) is 0.500. The SMILES string of the molecule is CCc1ccc(CO)c(CC)c1CO. The molecule has 2 nitrogen and oxygen atoms in total. The molecule has 2 heteroatoms. The number of aliphatic hydroxyl groups is 2. The summed E-state index contributed by atoms with van der Waals surface area (Å²) in [6.07, 6.45) is 1.79. The van der Waals surface area contributed by atoms with Crippen LogP contribution in [-0.4, -0.2) is 10.2 Å². The maximum Gasteiger partial charge on any atom is 0.0687 e. The largest absolute Gasteiger partial charge is 0.392 e. The van der Waals surface area contributed by atoms with Gasteiger partial charge in [-0.3, -0.25) is 0 Å². The minimum absolute atomic E-state index is 0.0557. The van der Waals surface area contributed by atoms with E-state index in [1.807, 2.05) is 19.1 Å². The summed E-state index contributed by atoms with van der Waals surface area (Å²) >= 11 is 0. The molecular weight excluding hydrogens is 176 g/mol. The Morgan fingerprint density at radius 2 is 1.50 bits per heavy atom. The van der Waals surface area contributed by atoms with Gasteiger partial charge >= 0.3 is 0 Å². The van der Waals surface area contributed by atoms with Crippen molar-refractivity contribution in [3.63, 3.8) is 0 Å². The molecule has 0 fully saturated rings. The molecule has 0 saturated carbocycles. The molecule has 0 aromatic heterocycles. The summed E-state index contributed by atoms with van der Waals surface area (Å²) in [7, 11) is 0. The van der Waals surface area contributed by atoms with Crippen molar-refractivity contribution >= 4 is 0 Å². The summed E-state index contributed by atoms with van der Waals surface area (Å²) < 4.78 is 0. The van der Waals surface area contributed by atoms with Crippen LogP contribution in [0.3, 0.4) is 0 Å². The van der Waals surface area contributed by atoms with Gasteiger partial charge in [0.2, 0.25) is 0 Å². The van der Waals surface area contributed by atoms with Gasteiger partial charge in [-0.05, 0) is 35.1 Å². The second-order valence-corrected chi connectivity index (χ2v) is 3.36. The predicted molar refractivity (Wildman–Crippen MR) is 57.0 cm³/mol. The highest BCUT2D eigenvalue weighted by Gasteiger charge is 2.09. The monoisotopic (exact) mass is 194 g/mol. The van der Waals surface area contributed by atoms with Crippen LogP contribution in [0.5, 0.6) is 0 Å². The molecule has 0 atom stereocenters. The van der Waals surface area contributed by atoms with Gasteiger partial charge in [-0.2, -0.15) is 0 Å².